The van der Waals surface area contributed by atoms with Crippen LogP contribution in [0.2, 0.25) is 0 Å². The van der Waals surface area contributed by atoms with Crippen molar-refractivity contribution in [2.75, 3.05) is 25.0 Å². The van der Waals surface area contributed by atoms with Gasteiger partial charge in [-0.2, -0.15) is 13.2 Å². The van der Waals surface area contributed by atoms with Crippen molar-refractivity contribution >= 4 is 5.69 Å². The molecular weight excluding hydrogens is 277 g/mol. The number of nitrogens with zero attached hydrogens (tertiary/aromatic N) is 1. The van der Waals surface area contributed by atoms with Gasteiger partial charge in [0, 0.05) is 24.8 Å². The molecule has 1 aliphatic rings. The van der Waals surface area contributed by atoms with Crippen molar-refractivity contribution in [2.45, 2.75) is 44.8 Å². The highest BCUT2D eigenvalue weighted by atomic mass is 19.4. The Bertz CT molecular complexity index is 428. The molecule has 0 aliphatic carbocycles. The van der Waals surface area contributed by atoms with Gasteiger partial charge in [-0.05, 0) is 57.0 Å². The summed E-state index contributed by atoms with van der Waals surface area (Å²) in [6.07, 6.45) is 0.610. The summed E-state index contributed by atoms with van der Waals surface area (Å²) in [5, 5.41) is 3.18. The van der Waals surface area contributed by atoms with Crippen LogP contribution in [-0.2, 0) is 6.18 Å². The molecule has 2 nitrogen and oxygen atoms in total. The van der Waals surface area contributed by atoms with Gasteiger partial charge < -0.3 is 10.2 Å². The van der Waals surface area contributed by atoms with Crippen molar-refractivity contribution in [1.82, 2.24) is 4.90 Å². The summed E-state index contributed by atoms with van der Waals surface area (Å²) in [6, 6.07) is 5.88. The highest BCUT2D eigenvalue weighted by Crippen LogP contribution is 2.29. The van der Waals surface area contributed by atoms with Crippen LogP contribution >= 0.6 is 0 Å². The van der Waals surface area contributed by atoms with Gasteiger partial charge in [-0.15, -0.1) is 0 Å². The zero-order valence-electron chi connectivity index (χ0n) is 12.4. The van der Waals surface area contributed by atoms with Crippen molar-refractivity contribution in [3.05, 3.63) is 29.8 Å². The lowest BCUT2D eigenvalue weighted by molar-refractivity contribution is -0.137. The summed E-state index contributed by atoms with van der Waals surface area (Å²) in [5.41, 5.74) is 0.143. The molecule has 1 unspecified atom stereocenters. The first kappa shape index (κ1) is 16.1. The maximum absolute atomic E-state index is 12.4. The third kappa shape index (κ3) is 4.92. The Morgan fingerprint density at radius 3 is 2.52 bits per heavy atom. The first-order valence-electron chi connectivity index (χ1n) is 7.62. The van der Waals surface area contributed by atoms with Crippen molar-refractivity contribution in [3.8, 4) is 0 Å². The fraction of sp³-hybridized carbons (Fsp3) is 0.625. The Morgan fingerprint density at radius 2 is 1.90 bits per heavy atom. The van der Waals surface area contributed by atoms with Gasteiger partial charge in [-0.1, -0.05) is 6.42 Å². The zero-order valence-corrected chi connectivity index (χ0v) is 12.4. The molecule has 5 heteroatoms. The lowest BCUT2D eigenvalue weighted by Gasteiger charge is -2.33. The fourth-order valence-electron chi connectivity index (χ4n) is 2.78. The highest BCUT2D eigenvalue weighted by molar-refractivity contribution is 5.45. The van der Waals surface area contributed by atoms with Crippen LogP contribution in [0.1, 0.15) is 38.2 Å². The number of benzene rings is 1. The molecule has 21 heavy (non-hydrogen) atoms. The van der Waals surface area contributed by atoms with Crippen LogP contribution in [0.15, 0.2) is 24.3 Å². The van der Waals surface area contributed by atoms with Crippen molar-refractivity contribution in [3.63, 3.8) is 0 Å². The zero-order chi connectivity index (χ0) is 15.3. The van der Waals surface area contributed by atoms with E-state index in [1.165, 1.54) is 37.9 Å². The van der Waals surface area contributed by atoms with E-state index >= 15 is 0 Å². The van der Waals surface area contributed by atoms with E-state index in [0.29, 0.717) is 6.04 Å². The lowest BCUT2D eigenvalue weighted by atomic mass is 10.0. The molecule has 0 radical (unpaired) electrons. The van der Waals surface area contributed by atoms with E-state index in [1.54, 1.807) is 0 Å². The number of halogens is 3. The monoisotopic (exact) mass is 300 g/mol. The van der Waals surface area contributed by atoms with Crippen molar-refractivity contribution in [2.24, 2.45) is 0 Å². The number of nitrogens with one attached hydrogen (secondary N) is 1. The van der Waals surface area contributed by atoms with Crippen molar-refractivity contribution < 1.29 is 13.2 Å². The summed E-state index contributed by atoms with van der Waals surface area (Å²) in [6.45, 7) is 5.27. The first-order valence-corrected chi connectivity index (χ1v) is 7.62. The smallest absolute Gasteiger partial charge is 0.385 e. The molecule has 1 saturated heterocycles. The molecule has 0 bridgehead atoms. The van der Waals surface area contributed by atoms with E-state index in [2.05, 4.69) is 17.1 Å². The van der Waals surface area contributed by atoms with Gasteiger partial charge >= 0.3 is 6.18 Å². The van der Waals surface area contributed by atoms with Crippen LogP contribution < -0.4 is 5.32 Å². The van der Waals surface area contributed by atoms with E-state index in [1.807, 2.05) is 0 Å². The number of piperidine rings is 1. The SMILES string of the molecule is CC1CCCCN1CCCNc1ccc(C(F)(F)F)cc1. The van der Waals surface area contributed by atoms with E-state index in [0.717, 1.165) is 37.3 Å². The van der Waals surface area contributed by atoms with Gasteiger partial charge in [0.1, 0.15) is 0 Å². The molecule has 1 fully saturated rings. The van der Waals surface area contributed by atoms with Crippen LogP contribution in [0.3, 0.4) is 0 Å². The molecule has 0 saturated carbocycles. The predicted octanol–water partition coefficient (Wildman–Crippen LogP) is 4.38. The standard InChI is InChI=1S/C16H23F3N2/c1-13-5-2-3-11-21(13)12-4-10-20-15-8-6-14(7-9-15)16(17,18)19/h6-9,13,20H,2-5,10-12H2,1H3. The van der Waals surface area contributed by atoms with Gasteiger partial charge in [0.2, 0.25) is 0 Å². The molecule has 1 aliphatic heterocycles. The Kier molecular flexibility index (Phi) is 5.51. The first-order chi connectivity index (χ1) is 9.97. The van der Waals surface area contributed by atoms with E-state index in [-0.39, 0.29) is 0 Å². The minimum atomic E-state index is -4.26. The minimum Gasteiger partial charge on any atom is -0.385 e. The Balaban J connectivity index is 1.71. The molecule has 1 atom stereocenters. The molecule has 2 rings (SSSR count). The molecule has 1 aromatic carbocycles. The number of likely N-dealkylation sites (tertiary alicyclic amines) is 1. The van der Waals surface area contributed by atoms with Gasteiger partial charge in [0.05, 0.1) is 5.56 Å². The Labute approximate surface area is 124 Å². The van der Waals surface area contributed by atoms with Gasteiger partial charge in [0.25, 0.3) is 0 Å². The van der Waals surface area contributed by atoms with Crippen LogP contribution in [-0.4, -0.2) is 30.6 Å². The molecular formula is C16H23F3N2. The van der Waals surface area contributed by atoms with Crippen LogP contribution in [0, 0.1) is 0 Å². The van der Waals surface area contributed by atoms with Gasteiger partial charge in [-0.3, -0.25) is 0 Å². The Morgan fingerprint density at radius 1 is 1.19 bits per heavy atom. The second kappa shape index (κ2) is 7.16. The summed E-state index contributed by atoms with van der Waals surface area (Å²) in [7, 11) is 0. The third-order valence-corrected chi connectivity index (χ3v) is 4.10. The van der Waals surface area contributed by atoms with E-state index < -0.39 is 11.7 Å². The lowest BCUT2D eigenvalue weighted by Crippen LogP contribution is -2.38. The molecule has 1 N–H and O–H groups in total. The number of rotatable bonds is 5. The maximum atomic E-state index is 12.4. The minimum absolute atomic E-state index is 0.602. The van der Waals surface area contributed by atoms with Crippen LogP contribution in [0.25, 0.3) is 0 Å². The molecule has 0 spiro atoms. The predicted molar refractivity (Wildman–Crippen MR) is 79.4 cm³/mol. The summed E-state index contributed by atoms with van der Waals surface area (Å²) in [5.74, 6) is 0. The molecule has 0 amide bonds. The third-order valence-electron chi connectivity index (χ3n) is 4.10. The average Bonchev–Trinajstić information content (AvgIpc) is 2.45. The summed E-state index contributed by atoms with van der Waals surface area (Å²) >= 11 is 0. The molecule has 118 valence electrons. The Hall–Kier alpha value is -1.23. The summed E-state index contributed by atoms with van der Waals surface area (Å²) in [4.78, 5) is 2.50. The van der Waals surface area contributed by atoms with Crippen molar-refractivity contribution in [1.29, 1.82) is 0 Å². The van der Waals surface area contributed by atoms with E-state index in [4.69, 9.17) is 0 Å². The van der Waals surface area contributed by atoms with Gasteiger partial charge in [0.15, 0.2) is 0 Å². The fourth-order valence-corrected chi connectivity index (χ4v) is 2.78. The maximum Gasteiger partial charge on any atom is 0.416 e. The number of hydrogen-bond donors (Lipinski definition) is 1. The number of hydrogen-bond acceptors (Lipinski definition) is 2. The second-order valence-electron chi connectivity index (χ2n) is 5.74. The molecule has 0 aromatic heterocycles. The largest absolute Gasteiger partial charge is 0.416 e. The van der Waals surface area contributed by atoms with Crippen LogP contribution in [0.4, 0.5) is 18.9 Å². The molecule has 1 heterocycles. The normalized spacial score (nSPS) is 20.5. The topological polar surface area (TPSA) is 15.3 Å². The average molecular weight is 300 g/mol. The van der Waals surface area contributed by atoms with E-state index in [9.17, 15) is 13.2 Å². The second-order valence-corrected chi connectivity index (χ2v) is 5.74. The quantitative estimate of drug-likeness (QED) is 0.812. The van der Waals surface area contributed by atoms with Crippen LogP contribution in [0.5, 0.6) is 0 Å². The summed E-state index contributed by atoms with van der Waals surface area (Å²) < 4.78 is 37.3. The van der Waals surface area contributed by atoms with Gasteiger partial charge in [-0.25, -0.2) is 0 Å². The highest BCUT2D eigenvalue weighted by Gasteiger charge is 2.29. The number of anilines is 1. The number of alkyl halides is 3. The molecule has 1 aromatic rings.